The molecule has 5 heteroatoms. The van der Waals surface area contributed by atoms with E-state index in [4.69, 9.17) is 0 Å². The molecule has 22 heavy (non-hydrogen) atoms. The highest BCUT2D eigenvalue weighted by Crippen LogP contribution is 2.23. The maximum atomic E-state index is 11.0. The van der Waals surface area contributed by atoms with Crippen molar-refractivity contribution < 1.29 is 4.92 Å². The first kappa shape index (κ1) is 14.0. The number of hydrogen-bond donors (Lipinski definition) is 1. The number of anilines is 1. The quantitative estimate of drug-likeness (QED) is 0.574. The Morgan fingerprint density at radius 1 is 1.09 bits per heavy atom. The topological polar surface area (TPSA) is 68.1 Å². The SMILES string of the molecule is O=[N+]([O-])c1cnccc1NCCc1cccc2ccccc12. The third-order valence-corrected chi connectivity index (χ3v) is 3.59. The van der Waals surface area contributed by atoms with E-state index in [0.29, 0.717) is 12.2 Å². The van der Waals surface area contributed by atoms with Gasteiger partial charge in [-0.25, -0.2) is 0 Å². The summed E-state index contributed by atoms with van der Waals surface area (Å²) < 4.78 is 0. The Balaban J connectivity index is 1.74. The summed E-state index contributed by atoms with van der Waals surface area (Å²) in [5.41, 5.74) is 1.72. The Morgan fingerprint density at radius 3 is 2.77 bits per heavy atom. The minimum Gasteiger partial charge on any atom is -0.379 e. The highest BCUT2D eigenvalue weighted by molar-refractivity contribution is 5.85. The van der Waals surface area contributed by atoms with Gasteiger partial charge in [0.15, 0.2) is 0 Å². The number of benzene rings is 2. The molecular formula is C17H15N3O2. The summed E-state index contributed by atoms with van der Waals surface area (Å²) in [6, 6.07) is 16.1. The minimum absolute atomic E-state index is 0.000389. The molecule has 5 nitrogen and oxygen atoms in total. The number of rotatable bonds is 5. The van der Waals surface area contributed by atoms with Gasteiger partial charge in [-0.15, -0.1) is 0 Å². The molecule has 0 saturated heterocycles. The Labute approximate surface area is 127 Å². The van der Waals surface area contributed by atoms with Crippen LogP contribution in [0.15, 0.2) is 60.9 Å². The number of aromatic nitrogens is 1. The van der Waals surface area contributed by atoms with Crippen molar-refractivity contribution in [3.8, 4) is 0 Å². The van der Waals surface area contributed by atoms with Crippen molar-refractivity contribution in [2.24, 2.45) is 0 Å². The van der Waals surface area contributed by atoms with Crippen LogP contribution in [0.5, 0.6) is 0 Å². The van der Waals surface area contributed by atoms with Crippen LogP contribution < -0.4 is 5.32 Å². The van der Waals surface area contributed by atoms with E-state index in [-0.39, 0.29) is 5.69 Å². The van der Waals surface area contributed by atoms with E-state index < -0.39 is 4.92 Å². The number of nitrogens with zero attached hydrogens (tertiary/aromatic N) is 2. The second-order valence-electron chi connectivity index (χ2n) is 4.96. The number of nitro groups is 1. The number of hydrogen-bond acceptors (Lipinski definition) is 4. The fourth-order valence-electron chi connectivity index (χ4n) is 2.52. The van der Waals surface area contributed by atoms with Gasteiger partial charge < -0.3 is 5.32 Å². The molecule has 0 amide bonds. The zero-order chi connectivity index (χ0) is 15.4. The summed E-state index contributed by atoms with van der Waals surface area (Å²) in [7, 11) is 0. The molecule has 110 valence electrons. The van der Waals surface area contributed by atoms with Crippen LogP contribution in [0.1, 0.15) is 5.56 Å². The third kappa shape index (κ3) is 2.88. The molecule has 1 heterocycles. The van der Waals surface area contributed by atoms with Crippen molar-refractivity contribution in [1.82, 2.24) is 4.98 Å². The van der Waals surface area contributed by atoms with Crippen molar-refractivity contribution in [3.05, 3.63) is 76.6 Å². The molecule has 3 aromatic rings. The van der Waals surface area contributed by atoms with Crippen LogP contribution in [-0.4, -0.2) is 16.5 Å². The van der Waals surface area contributed by atoms with Gasteiger partial charge in [-0.1, -0.05) is 42.5 Å². The van der Waals surface area contributed by atoms with Crippen molar-refractivity contribution in [2.45, 2.75) is 6.42 Å². The molecular weight excluding hydrogens is 278 g/mol. The van der Waals surface area contributed by atoms with Gasteiger partial charge in [0.05, 0.1) is 4.92 Å². The summed E-state index contributed by atoms with van der Waals surface area (Å²) in [5.74, 6) is 0. The van der Waals surface area contributed by atoms with Crippen LogP contribution in [-0.2, 0) is 6.42 Å². The standard InChI is InChI=1S/C17H15N3O2/c21-20(22)17-12-18-10-9-16(17)19-11-8-14-6-3-5-13-4-1-2-7-15(13)14/h1-7,9-10,12H,8,11H2,(H,18,19). The van der Waals surface area contributed by atoms with Gasteiger partial charge in [-0.3, -0.25) is 15.1 Å². The molecule has 2 aromatic carbocycles. The number of pyridine rings is 1. The average Bonchev–Trinajstić information content (AvgIpc) is 2.55. The van der Waals surface area contributed by atoms with Gasteiger partial charge in [0.1, 0.15) is 11.9 Å². The summed E-state index contributed by atoms with van der Waals surface area (Å²) in [5, 5.41) is 16.5. The molecule has 0 fully saturated rings. The average molecular weight is 293 g/mol. The van der Waals surface area contributed by atoms with Gasteiger partial charge >= 0.3 is 5.69 Å². The van der Waals surface area contributed by atoms with E-state index in [0.717, 1.165) is 6.42 Å². The van der Waals surface area contributed by atoms with Crippen LogP contribution in [0.4, 0.5) is 11.4 Å². The summed E-state index contributed by atoms with van der Waals surface area (Å²) in [4.78, 5) is 14.3. The smallest absolute Gasteiger partial charge is 0.310 e. The molecule has 0 spiro atoms. The fourth-order valence-corrected chi connectivity index (χ4v) is 2.52. The largest absolute Gasteiger partial charge is 0.379 e. The van der Waals surface area contributed by atoms with E-state index in [1.165, 1.54) is 22.5 Å². The minimum atomic E-state index is -0.423. The Morgan fingerprint density at radius 2 is 1.91 bits per heavy atom. The first-order chi connectivity index (χ1) is 10.8. The Bertz CT molecular complexity index is 812. The van der Waals surface area contributed by atoms with Crippen LogP contribution in [0.2, 0.25) is 0 Å². The van der Waals surface area contributed by atoms with Gasteiger partial charge in [-0.2, -0.15) is 0 Å². The maximum absolute atomic E-state index is 11.0. The van der Waals surface area contributed by atoms with Crippen LogP contribution in [0.25, 0.3) is 10.8 Å². The molecule has 0 bridgehead atoms. The molecule has 0 atom stereocenters. The molecule has 0 aliphatic carbocycles. The van der Waals surface area contributed by atoms with Gasteiger partial charge in [-0.05, 0) is 28.8 Å². The molecule has 0 aliphatic rings. The van der Waals surface area contributed by atoms with Crippen LogP contribution in [0.3, 0.4) is 0 Å². The highest BCUT2D eigenvalue weighted by atomic mass is 16.6. The molecule has 1 N–H and O–H groups in total. The molecule has 0 aliphatic heterocycles. The molecule has 0 radical (unpaired) electrons. The lowest BCUT2D eigenvalue weighted by Gasteiger charge is -2.09. The van der Waals surface area contributed by atoms with Crippen molar-refractivity contribution >= 4 is 22.1 Å². The van der Waals surface area contributed by atoms with Crippen molar-refractivity contribution in [3.63, 3.8) is 0 Å². The molecule has 3 rings (SSSR count). The van der Waals surface area contributed by atoms with E-state index >= 15 is 0 Å². The van der Waals surface area contributed by atoms with Crippen molar-refractivity contribution in [2.75, 3.05) is 11.9 Å². The zero-order valence-electron chi connectivity index (χ0n) is 11.9. The summed E-state index contributed by atoms with van der Waals surface area (Å²) >= 11 is 0. The number of nitrogens with one attached hydrogen (secondary N) is 1. The van der Waals surface area contributed by atoms with Gasteiger partial charge in [0.25, 0.3) is 0 Å². The third-order valence-electron chi connectivity index (χ3n) is 3.59. The Hall–Kier alpha value is -2.95. The predicted octanol–water partition coefficient (Wildman–Crippen LogP) is 3.80. The number of fused-ring (bicyclic) bond motifs is 1. The molecule has 0 unspecified atom stereocenters. The lowest BCUT2D eigenvalue weighted by Crippen LogP contribution is -2.07. The van der Waals surface area contributed by atoms with Crippen LogP contribution >= 0.6 is 0 Å². The summed E-state index contributed by atoms with van der Waals surface area (Å²) in [6.07, 6.45) is 3.61. The van der Waals surface area contributed by atoms with Crippen LogP contribution in [0, 0.1) is 10.1 Å². The summed E-state index contributed by atoms with van der Waals surface area (Å²) in [6.45, 7) is 0.624. The second-order valence-corrected chi connectivity index (χ2v) is 4.96. The van der Waals surface area contributed by atoms with E-state index in [1.54, 1.807) is 12.3 Å². The maximum Gasteiger partial charge on any atom is 0.310 e. The highest BCUT2D eigenvalue weighted by Gasteiger charge is 2.12. The fraction of sp³-hybridized carbons (Fsp3) is 0.118. The lowest BCUT2D eigenvalue weighted by atomic mass is 10.0. The second kappa shape index (κ2) is 6.22. The van der Waals surface area contributed by atoms with Gasteiger partial charge in [0, 0.05) is 12.7 Å². The van der Waals surface area contributed by atoms with Crippen molar-refractivity contribution in [1.29, 1.82) is 0 Å². The van der Waals surface area contributed by atoms with Gasteiger partial charge in [0.2, 0.25) is 0 Å². The molecule has 1 aromatic heterocycles. The lowest BCUT2D eigenvalue weighted by molar-refractivity contribution is -0.384. The normalized spacial score (nSPS) is 10.5. The van der Waals surface area contributed by atoms with E-state index in [1.807, 2.05) is 18.2 Å². The van der Waals surface area contributed by atoms with E-state index in [9.17, 15) is 10.1 Å². The predicted molar refractivity (Wildman–Crippen MR) is 87.0 cm³/mol. The molecule has 0 saturated carbocycles. The Kier molecular flexibility index (Phi) is 3.96. The first-order valence-corrected chi connectivity index (χ1v) is 7.04. The van der Waals surface area contributed by atoms with E-state index in [2.05, 4.69) is 34.6 Å². The monoisotopic (exact) mass is 293 g/mol. The first-order valence-electron chi connectivity index (χ1n) is 7.04. The zero-order valence-corrected chi connectivity index (χ0v) is 11.9.